The van der Waals surface area contributed by atoms with Gasteiger partial charge in [-0.3, -0.25) is 15.6 Å². The highest BCUT2D eigenvalue weighted by atomic mass is 79.9. The number of hydrogen-bond donors (Lipinski definition) is 4. The third kappa shape index (κ3) is 4.03. The molecule has 0 spiro atoms. The molecule has 0 aliphatic carbocycles. The van der Waals surface area contributed by atoms with Crippen molar-refractivity contribution in [3.8, 4) is 0 Å². The highest BCUT2D eigenvalue weighted by Crippen LogP contribution is 2.25. The summed E-state index contributed by atoms with van der Waals surface area (Å²) < 4.78 is 14.5. The van der Waals surface area contributed by atoms with E-state index >= 15 is 0 Å². The van der Waals surface area contributed by atoms with Gasteiger partial charge < -0.3 is 11.1 Å². The molecule has 5 N–H and O–H groups in total. The fourth-order valence-electron chi connectivity index (χ4n) is 1.99. The molecule has 26 heavy (non-hydrogen) atoms. The van der Waals surface area contributed by atoms with E-state index in [9.17, 15) is 9.18 Å². The van der Waals surface area contributed by atoms with Gasteiger partial charge in [0.15, 0.2) is 11.6 Å². The number of hydrogen-bond acceptors (Lipinski definition) is 7. The Kier molecular flexibility index (Phi) is 5.23. The van der Waals surface area contributed by atoms with Crippen LogP contribution in [-0.2, 0) is 0 Å². The van der Waals surface area contributed by atoms with Crippen LogP contribution in [0.25, 0.3) is 0 Å². The summed E-state index contributed by atoms with van der Waals surface area (Å²) in [4.78, 5) is 24.2. The first-order chi connectivity index (χ1) is 12.5. The minimum absolute atomic E-state index is 0.106. The molecule has 10 heteroatoms. The first-order valence-corrected chi connectivity index (χ1v) is 8.14. The quantitative estimate of drug-likeness (QED) is 0.471. The fourth-order valence-corrected chi connectivity index (χ4v) is 2.23. The molecule has 2 heterocycles. The van der Waals surface area contributed by atoms with Gasteiger partial charge in [0.1, 0.15) is 23.6 Å². The third-order valence-electron chi connectivity index (χ3n) is 3.27. The Morgan fingerprint density at radius 1 is 1.08 bits per heavy atom. The van der Waals surface area contributed by atoms with Gasteiger partial charge in [-0.05, 0) is 40.2 Å². The first-order valence-electron chi connectivity index (χ1n) is 7.34. The van der Waals surface area contributed by atoms with Crippen LogP contribution < -0.4 is 21.9 Å². The molecule has 0 radical (unpaired) electrons. The van der Waals surface area contributed by atoms with Crippen molar-refractivity contribution in [3.63, 3.8) is 0 Å². The predicted octanol–water partition coefficient (Wildman–Crippen LogP) is 2.86. The summed E-state index contributed by atoms with van der Waals surface area (Å²) in [6.07, 6.45) is 2.88. The summed E-state index contributed by atoms with van der Waals surface area (Å²) >= 11 is 3.30. The normalized spacial score (nSPS) is 10.2. The second kappa shape index (κ2) is 7.74. The largest absolute Gasteiger partial charge is 0.393 e. The minimum atomic E-state index is -0.662. The Morgan fingerprint density at radius 2 is 1.85 bits per heavy atom. The van der Waals surface area contributed by atoms with Gasteiger partial charge in [-0.2, -0.15) is 0 Å². The molecule has 0 aliphatic rings. The van der Waals surface area contributed by atoms with Crippen molar-refractivity contribution in [2.45, 2.75) is 0 Å². The number of anilines is 4. The van der Waals surface area contributed by atoms with Crippen LogP contribution in [0.15, 0.2) is 53.4 Å². The average Bonchev–Trinajstić information content (AvgIpc) is 2.64. The number of nitrogens with two attached hydrogens (primary N) is 1. The number of hydrazine groups is 1. The Morgan fingerprint density at radius 3 is 2.58 bits per heavy atom. The number of pyridine rings is 1. The average molecular weight is 418 g/mol. The van der Waals surface area contributed by atoms with E-state index in [0.717, 1.165) is 4.47 Å². The van der Waals surface area contributed by atoms with E-state index in [4.69, 9.17) is 5.73 Å². The number of carbonyl (C=O) groups is 1. The number of halogens is 2. The van der Waals surface area contributed by atoms with Crippen LogP contribution >= 0.6 is 15.9 Å². The molecule has 0 fully saturated rings. The lowest BCUT2D eigenvalue weighted by molar-refractivity contribution is 0.0958. The maximum Gasteiger partial charge on any atom is 0.272 e. The molecule has 2 aromatic heterocycles. The highest BCUT2D eigenvalue weighted by Gasteiger charge is 2.13. The first kappa shape index (κ1) is 17.5. The topological polar surface area (TPSA) is 118 Å². The zero-order valence-corrected chi connectivity index (χ0v) is 14.8. The summed E-state index contributed by atoms with van der Waals surface area (Å²) in [5.41, 5.74) is 11.0. The van der Waals surface area contributed by atoms with Gasteiger partial charge in [0.2, 0.25) is 0 Å². The standard InChI is InChI=1S/C16H13BrFN7O/c17-9-5-6-12(20-7-9)23-14-13(19)15(22-8-21-14)24-25-16(26)10-3-1-2-4-11(10)18/h1-8H,19H2,(H,25,26)(H2,20,21,22,23,24). The summed E-state index contributed by atoms with van der Waals surface area (Å²) in [6, 6.07) is 9.16. The number of nitrogens with zero attached hydrogens (tertiary/aromatic N) is 3. The van der Waals surface area contributed by atoms with Gasteiger partial charge >= 0.3 is 0 Å². The van der Waals surface area contributed by atoms with Gasteiger partial charge in [-0.1, -0.05) is 12.1 Å². The van der Waals surface area contributed by atoms with Gasteiger partial charge in [-0.25, -0.2) is 19.3 Å². The Balaban J connectivity index is 1.72. The summed E-state index contributed by atoms with van der Waals surface area (Å²) in [7, 11) is 0. The molecule has 0 bridgehead atoms. The van der Waals surface area contributed by atoms with E-state index < -0.39 is 11.7 Å². The molecule has 1 amide bonds. The fraction of sp³-hybridized carbons (Fsp3) is 0. The molecular formula is C16H13BrFN7O. The van der Waals surface area contributed by atoms with Gasteiger partial charge in [0, 0.05) is 10.7 Å². The zero-order chi connectivity index (χ0) is 18.5. The van der Waals surface area contributed by atoms with Crippen LogP contribution in [0.2, 0.25) is 0 Å². The number of nitrogens with one attached hydrogen (secondary N) is 3. The van der Waals surface area contributed by atoms with Crippen molar-refractivity contribution >= 4 is 45.0 Å². The van der Waals surface area contributed by atoms with Crippen molar-refractivity contribution in [1.82, 2.24) is 20.4 Å². The second-order valence-corrected chi connectivity index (χ2v) is 5.95. The molecule has 1 aromatic carbocycles. The number of carbonyl (C=O) groups excluding carboxylic acids is 1. The van der Waals surface area contributed by atoms with Crippen molar-refractivity contribution < 1.29 is 9.18 Å². The summed E-state index contributed by atoms with van der Waals surface area (Å²) in [6.45, 7) is 0. The van der Waals surface area contributed by atoms with E-state index in [1.54, 1.807) is 24.4 Å². The summed E-state index contributed by atoms with van der Waals surface area (Å²) in [5.74, 6) is -0.307. The van der Waals surface area contributed by atoms with Crippen molar-refractivity contribution in [2.24, 2.45) is 0 Å². The molecule has 0 atom stereocenters. The van der Waals surface area contributed by atoms with E-state index in [1.807, 2.05) is 0 Å². The summed E-state index contributed by atoms with van der Waals surface area (Å²) in [5, 5.41) is 2.95. The SMILES string of the molecule is Nc1c(NNC(=O)c2ccccc2F)ncnc1Nc1ccc(Br)cn1. The van der Waals surface area contributed by atoms with E-state index in [1.165, 1.54) is 24.5 Å². The van der Waals surface area contributed by atoms with Crippen LogP contribution in [0, 0.1) is 5.82 Å². The third-order valence-corrected chi connectivity index (χ3v) is 3.74. The predicted molar refractivity (Wildman–Crippen MR) is 99.2 cm³/mol. The van der Waals surface area contributed by atoms with E-state index in [0.29, 0.717) is 11.6 Å². The molecule has 0 saturated carbocycles. The second-order valence-electron chi connectivity index (χ2n) is 5.03. The number of aromatic nitrogens is 3. The Bertz CT molecular complexity index is 936. The highest BCUT2D eigenvalue weighted by molar-refractivity contribution is 9.10. The molecule has 0 unspecified atom stereocenters. The minimum Gasteiger partial charge on any atom is -0.393 e. The van der Waals surface area contributed by atoms with Crippen LogP contribution in [-0.4, -0.2) is 20.9 Å². The van der Waals surface area contributed by atoms with Crippen molar-refractivity contribution in [1.29, 1.82) is 0 Å². The van der Waals surface area contributed by atoms with E-state index in [-0.39, 0.29) is 17.1 Å². The zero-order valence-electron chi connectivity index (χ0n) is 13.2. The Labute approximate surface area is 156 Å². The maximum atomic E-state index is 13.6. The molecule has 0 aliphatic heterocycles. The number of benzene rings is 1. The molecular weight excluding hydrogens is 405 g/mol. The maximum absolute atomic E-state index is 13.6. The van der Waals surface area contributed by atoms with Crippen molar-refractivity contribution in [3.05, 3.63) is 64.8 Å². The van der Waals surface area contributed by atoms with Crippen LogP contribution in [0.5, 0.6) is 0 Å². The molecule has 3 aromatic rings. The van der Waals surface area contributed by atoms with Gasteiger partial charge in [0.05, 0.1) is 5.56 Å². The lowest BCUT2D eigenvalue weighted by atomic mass is 10.2. The number of amides is 1. The van der Waals surface area contributed by atoms with Gasteiger partial charge in [0.25, 0.3) is 5.91 Å². The lowest BCUT2D eigenvalue weighted by Crippen LogP contribution is -2.31. The van der Waals surface area contributed by atoms with E-state index in [2.05, 4.69) is 47.1 Å². The molecule has 8 nitrogen and oxygen atoms in total. The smallest absolute Gasteiger partial charge is 0.272 e. The van der Waals surface area contributed by atoms with Crippen LogP contribution in [0.3, 0.4) is 0 Å². The molecule has 0 saturated heterocycles. The Hall–Kier alpha value is -3.27. The van der Waals surface area contributed by atoms with Gasteiger partial charge in [-0.15, -0.1) is 0 Å². The van der Waals surface area contributed by atoms with Crippen LogP contribution in [0.1, 0.15) is 10.4 Å². The molecule has 3 rings (SSSR count). The molecule has 132 valence electrons. The number of nitrogen functional groups attached to an aromatic ring is 1. The van der Waals surface area contributed by atoms with Crippen molar-refractivity contribution in [2.75, 3.05) is 16.5 Å². The van der Waals surface area contributed by atoms with Crippen LogP contribution in [0.4, 0.5) is 27.5 Å². The monoisotopic (exact) mass is 417 g/mol. The number of rotatable bonds is 5. The lowest BCUT2D eigenvalue weighted by Gasteiger charge is -2.13.